The number of thiazole rings is 1. The molecule has 0 saturated heterocycles. The molecule has 3 nitrogen and oxygen atoms in total. The monoisotopic (exact) mass is 225 g/mol. The molecular formula is C9H8ClN3S. The van der Waals surface area contributed by atoms with Crippen molar-refractivity contribution in [1.29, 1.82) is 0 Å². The van der Waals surface area contributed by atoms with Crippen LogP contribution in [0, 0.1) is 0 Å². The van der Waals surface area contributed by atoms with Gasteiger partial charge in [0.15, 0.2) is 0 Å². The molecule has 0 fully saturated rings. The third-order valence-electron chi connectivity index (χ3n) is 1.94. The predicted molar refractivity (Wildman–Crippen MR) is 60.9 cm³/mol. The first-order valence-electron chi connectivity index (χ1n) is 3.98. The lowest BCUT2D eigenvalue weighted by Crippen LogP contribution is -2.08. The van der Waals surface area contributed by atoms with Gasteiger partial charge in [0.05, 0.1) is 15.2 Å². The maximum absolute atomic E-state index is 6.05. The number of halogens is 1. The molecule has 0 aliphatic rings. The van der Waals surface area contributed by atoms with Crippen LogP contribution in [0.25, 0.3) is 10.2 Å². The summed E-state index contributed by atoms with van der Waals surface area (Å²) < 4.78 is 2.97. The quantitative estimate of drug-likeness (QED) is 0.527. The largest absolute Gasteiger partial charge is 0.318 e. The highest BCUT2D eigenvalue weighted by atomic mass is 35.5. The third kappa shape index (κ3) is 1.36. The summed E-state index contributed by atoms with van der Waals surface area (Å²) in [6.45, 7) is 3.33. The standard InChI is InChI=1S/C9H8ClN3S/c1-11-12-9-13(2)7-5-3-4-6(10)8(7)14-9/h3-5H,1H2,2H3/b12-9-. The minimum Gasteiger partial charge on any atom is -0.318 e. The fourth-order valence-corrected chi connectivity index (χ4v) is 2.55. The van der Waals surface area contributed by atoms with Gasteiger partial charge in [-0.15, -0.1) is 5.10 Å². The van der Waals surface area contributed by atoms with Crippen LogP contribution >= 0.6 is 22.9 Å². The van der Waals surface area contributed by atoms with Crippen molar-refractivity contribution in [2.75, 3.05) is 0 Å². The maximum Gasteiger partial charge on any atom is 0.211 e. The van der Waals surface area contributed by atoms with Crippen LogP contribution in [0.3, 0.4) is 0 Å². The van der Waals surface area contributed by atoms with E-state index in [4.69, 9.17) is 11.6 Å². The van der Waals surface area contributed by atoms with Crippen LogP contribution in [0.2, 0.25) is 5.02 Å². The Kier molecular flexibility index (Phi) is 2.39. The fraction of sp³-hybridized carbons (Fsp3) is 0.111. The number of fused-ring (bicyclic) bond motifs is 1. The first-order valence-corrected chi connectivity index (χ1v) is 5.17. The summed E-state index contributed by atoms with van der Waals surface area (Å²) in [6, 6.07) is 5.79. The van der Waals surface area contributed by atoms with Gasteiger partial charge in [-0.3, -0.25) is 0 Å². The Balaban J connectivity index is 2.93. The molecule has 2 aromatic rings. The fourth-order valence-electron chi connectivity index (χ4n) is 1.27. The number of hydrogen-bond donors (Lipinski definition) is 0. The van der Waals surface area contributed by atoms with Crippen LogP contribution in [0.15, 0.2) is 28.4 Å². The zero-order valence-electron chi connectivity index (χ0n) is 7.57. The lowest BCUT2D eigenvalue weighted by atomic mass is 10.3. The average Bonchev–Trinajstić information content (AvgIpc) is 2.48. The van der Waals surface area contributed by atoms with E-state index in [0.29, 0.717) is 0 Å². The van der Waals surface area contributed by atoms with Crippen molar-refractivity contribution < 1.29 is 0 Å². The normalized spacial score (nSPS) is 12.3. The van der Waals surface area contributed by atoms with Crippen molar-refractivity contribution in [3.05, 3.63) is 28.0 Å². The summed E-state index contributed by atoms with van der Waals surface area (Å²) >= 11 is 7.56. The van der Waals surface area contributed by atoms with Gasteiger partial charge in [-0.05, 0) is 12.1 Å². The topological polar surface area (TPSA) is 29.6 Å². The summed E-state index contributed by atoms with van der Waals surface area (Å²) in [5, 5.41) is 8.18. The smallest absolute Gasteiger partial charge is 0.211 e. The lowest BCUT2D eigenvalue weighted by molar-refractivity contribution is 0.890. The van der Waals surface area contributed by atoms with E-state index in [-0.39, 0.29) is 0 Å². The first kappa shape index (κ1) is 9.43. The summed E-state index contributed by atoms with van der Waals surface area (Å²) in [7, 11) is 1.93. The molecule has 0 aliphatic heterocycles. The van der Waals surface area contributed by atoms with E-state index < -0.39 is 0 Å². The summed E-state index contributed by atoms with van der Waals surface area (Å²) in [5.41, 5.74) is 1.06. The number of hydrogen-bond acceptors (Lipinski definition) is 3. The summed E-state index contributed by atoms with van der Waals surface area (Å²) in [5.74, 6) is 0. The number of aryl methyl sites for hydroxylation is 1. The van der Waals surface area contributed by atoms with E-state index in [2.05, 4.69) is 16.9 Å². The van der Waals surface area contributed by atoms with Gasteiger partial charge in [-0.2, -0.15) is 5.10 Å². The molecule has 1 aromatic heterocycles. The number of rotatable bonds is 1. The highest BCUT2D eigenvalue weighted by molar-refractivity contribution is 7.17. The molecule has 0 N–H and O–H groups in total. The Morgan fingerprint density at radius 1 is 1.50 bits per heavy atom. The molecule has 5 heteroatoms. The second-order valence-electron chi connectivity index (χ2n) is 2.77. The number of aromatic nitrogens is 1. The zero-order chi connectivity index (χ0) is 10.1. The number of benzene rings is 1. The zero-order valence-corrected chi connectivity index (χ0v) is 9.14. The molecule has 0 atom stereocenters. The molecule has 0 bridgehead atoms. The summed E-state index contributed by atoms with van der Waals surface area (Å²) in [4.78, 5) is 0.795. The summed E-state index contributed by atoms with van der Waals surface area (Å²) in [6.07, 6.45) is 0. The van der Waals surface area contributed by atoms with Crippen molar-refractivity contribution >= 4 is 39.9 Å². The second kappa shape index (κ2) is 3.55. The van der Waals surface area contributed by atoms with Crippen LogP contribution in [0.1, 0.15) is 0 Å². The van der Waals surface area contributed by atoms with Crippen molar-refractivity contribution in [1.82, 2.24) is 4.57 Å². The van der Waals surface area contributed by atoms with Gasteiger partial charge in [0.2, 0.25) is 4.80 Å². The van der Waals surface area contributed by atoms with Crippen LogP contribution in [0.4, 0.5) is 0 Å². The minimum atomic E-state index is 0.744. The molecule has 1 aromatic carbocycles. The van der Waals surface area contributed by atoms with Crippen molar-refractivity contribution in [2.45, 2.75) is 0 Å². The van der Waals surface area contributed by atoms with E-state index in [1.165, 1.54) is 11.3 Å². The Morgan fingerprint density at radius 2 is 2.29 bits per heavy atom. The molecule has 0 aliphatic carbocycles. The molecule has 0 unspecified atom stereocenters. The van der Waals surface area contributed by atoms with Crippen LogP contribution in [0.5, 0.6) is 0 Å². The van der Waals surface area contributed by atoms with Crippen LogP contribution < -0.4 is 4.80 Å². The van der Waals surface area contributed by atoms with Crippen molar-refractivity contribution in [3.63, 3.8) is 0 Å². The molecule has 0 spiro atoms. The molecular weight excluding hydrogens is 218 g/mol. The Labute approximate surface area is 90.0 Å². The molecule has 0 radical (unpaired) electrons. The van der Waals surface area contributed by atoms with Crippen molar-refractivity contribution in [3.8, 4) is 0 Å². The highest BCUT2D eigenvalue weighted by Crippen LogP contribution is 2.25. The molecule has 2 rings (SSSR count). The lowest BCUT2D eigenvalue weighted by Gasteiger charge is -1.94. The molecule has 1 heterocycles. The molecule has 0 saturated carbocycles. The maximum atomic E-state index is 6.05. The Hall–Kier alpha value is -1.13. The molecule has 14 heavy (non-hydrogen) atoms. The van der Waals surface area contributed by atoms with Gasteiger partial charge in [0, 0.05) is 13.8 Å². The van der Waals surface area contributed by atoms with Crippen LogP contribution in [-0.2, 0) is 7.05 Å². The SMILES string of the molecule is C=N/N=c1\sc2c(Cl)cccc2n1C. The Morgan fingerprint density at radius 3 is 2.93 bits per heavy atom. The van der Waals surface area contributed by atoms with Gasteiger partial charge < -0.3 is 4.57 Å². The van der Waals surface area contributed by atoms with Gasteiger partial charge in [-0.25, -0.2) is 0 Å². The van der Waals surface area contributed by atoms with Gasteiger partial charge >= 0.3 is 0 Å². The molecule has 0 amide bonds. The van der Waals surface area contributed by atoms with E-state index in [1.807, 2.05) is 29.8 Å². The number of nitrogens with zero attached hydrogens (tertiary/aromatic N) is 3. The minimum absolute atomic E-state index is 0.744. The van der Waals surface area contributed by atoms with Gasteiger partial charge in [-0.1, -0.05) is 29.0 Å². The van der Waals surface area contributed by atoms with E-state index in [1.54, 1.807) is 0 Å². The van der Waals surface area contributed by atoms with E-state index >= 15 is 0 Å². The first-order chi connectivity index (χ1) is 6.74. The van der Waals surface area contributed by atoms with Gasteiger partial charge in [0.25, 0.3) is 0 Å². The van der Waals surface area contributed by atoms with E-state index in [0.717, 1.165) is 20.0 Å². The van der Waals surface area contributed by atoms with Crippen molar-refractivity contribution in [2.24, 2.45) is 17.3 Å². The van der Waals surface area contributed by atoms with E-state index in [9.17, 15) is 0 Å². The predicted octanol–water partition coefficient (Wildman–Crippen LogP) is 2.41. The van der Waals surface area contributed by atoms with Gasteiger partial charge in [0.1, 0.15) is 0 Å². The molecule has 72 valence electrons. The van der Waals surface area contributed by atoms with Crippen LogP contribution in [-0.4, -0.2) is 11.3 Å². The Bertz CT molecular complexity index is 553. The third-order valence-corrected chi connectivity index (χ3v) is 3.54. The second-order valence-corrected chi connectivity index (χ2v) is 4.16. The highest BCUT2D eigenvalue weighted by Gasteiger charge is 2.04. The average molecular weight is 226 g/mol.